The second-order valence-corrected chi connectivity index (χ2v) is 9.50. The molecule has 1 unspecified atom stereocenters. The highest BCUT2D eigenvalue weighted by Gasteiger charge is 2.25. The molecule has 3 aromatic carbocycles. The number of likely N-dealkylation sites (tertiary alicyclic amines) is 1. The maximum atomic E-state index is 14.6. The number of carbonyl (C=O) groups is 1. The molecule has 1 aliphatic rings. The number of amides is 1. The molecule has 4 aromatic rings. The van der Waals surface area contributed by atoms with Crippen molar-refractivity contribution in [1.82, 2.24) is 19.8 Å². The highest BCUT2D eigenvalue weighted by atomic mass is 19.1. The van der Waals surface area contributed by atoms with Crippen molar-refractivity contribution in [3.63, 3.8) is 0 Å². The predicted octanol–water partition coefficient (Wildman–Crippen LogP) is 3.33. The van der Waals surface area contributed by atoms with Crippen molar-refractivity contribution in [2.75, 3.05) is 13.1 Å². The van der Waals surface area contributed by atoms with Crippen LogP contribution in [0, 0.1) is 18.6 Å². The van der Waals surface area contributed by atoms with Crippen molar-refractivity contribution in [3.05, 3.63) is 115 Å². The molecule has 0 radical (unpaired) electrons. The lowest BCUT2D eigenvalue weighted by molar-refractivity contribution is 0.0933. The number of carbonyl (C=O) groups excluding carboxylic acids is 1. The van der Waals surface area contributed by atoms with Gasteiger partial charge in [0.2, 0.25) is 0 Å². The summed E-state index contributed by atoms with van der Waals surface area (Å²) in [5, 5.41) is 2.95. The number of nitrogens with zero attached hydrogens (tertiary/aromatic N) is 2. The Labute approximate surface area is 211 Å². The summed E-state index contributed by atoms with van der Waals surface area (Å²) < 4.78 is 29.5. The van der Waals surface area contributed by atoms with Crippen LogP contribution in [0.5, 0.6) is 0 Å². The van der Waals surface area contributed by atoms with E-state index in [0.29, 0.717) is 12.1 Å². The summed E-state index contributed by atoms with van der Waals surface area (Å²) in [4.78, 5) is 42.0. The number of halogens is 2. The second kappa shape index (κ2) is 10.1. The zero-order chi connectivity index (χ0) is 26.1. The maximum Gasteiger partial charge on any atom is 0.329 e. The van der Waals surface area contributed by atoms with Gasteiger partial charge in [0.1, 0.15) is 11.6 Å². The largest absolute Gasteiger partial charge is 0.348 e. The molecule has 1 saturated heterocycles. The summed E-state index contributed by atoms with van der Waals surface area (Å²) in [6.45, 7) is 4.28. The van der Waals surface area contributed by atoms with Crippen LogP contribution >= 0.6 is 0 Å². The molecule has 0 spiro atoms. The first kappa shape index (κ1) is 24.6. The molecule has 1 fully saturated rings. The Morgan fingerprint density at radius 2 is 1.84 bits per heavy atom. The van der Waals surface area contributed by atoms with Crippen molar-refractivity contribution in [3.8, 4) is 0 Å². The smallest absolute Gasteiger partial charge is 0.329 e. The Balaban J connectivity index is 1.31. The van der Waals surface area contributed by atoms with E-state index in [2.05, 4.69) is 40.3 Å². The fourth-order valence-corrected chi connectivity index (χ4v) is 4.88. The number of nitrogens with one attached hydrogen (secondary N) is 2. The SMILES string of the molecule is Cc1cccc(CN2CCC(NC(=O)c3cc(Cn4c(=O)[nH]c(=O)c5cc(F)ccc54)ccc3F)C2)c1. The first-order valence-corrected chi connectivity index (χ1v) is 12.1. The normalized spacial score (nSPS) is 15.8. The van der Waals surface area contributed by atoms with Gasteiger partial charge in [-0.25, -0.2) is 13.6 Å². The Morgan fingerprint density at radius 3 is 2.65 bits per heavy atom. The van der Waals surface area contributed by atoms with Crippen molar-refractivity contribution in [1.29, 1.82) is 0 Å². The van der Waals surface area contributed by atoms with Gasteiger partial charge in [-0.1, -0.05) is 35.9 Å². The average Bonchev–Trinajstić information content (AvgIpc) is 3.29. The van der Waals surface area contributed by atoms with E-state index in [1.807, 2.05) is 6.07 Å². The van der Waals surface area contributed by atoms with Crippen molar-refractivity contribution < 1.29 is 13.6 Å². The molecule has 190 valence electrons. The number of hydrogen-bond donors (Lipinski definition) is 2. The summed E-state index contributed by atoms with van der Waals surface area (Å²) in [6, 6.07) is 15.8. The number of fused-ring (bicyclic) bond motifs is 1. The number of aromatic amines is 1. The van der Waals surface area contributed by atoms with Crippen LogP contribution in [0.3, 0.4) is 0 Å². The maximum absolute atomic E-state index is 14.6. The van der Waals surface area contributed by atoms with Crippen LogP contribution in [-0.2, 0) is 13.1 Å². The Bertz CT molecular complexity index is 1610. The van der Waals surface area contributed by atoms with Crippen LogP contribution in [0.25, 0.3) is 10.9 Å². The van der Waals surface area contributed by atoms with E-state index in [4.69, 9.17) is 0 Å². The van der Waals surface area contributed by atoms with Crippen molar-refractivity contribution in [2.45, 2.75) is 32.5 Å². The van der Waals surface area contributed by atoms with E-state index in [0.717, 1.165) is 31.6 Å². The number of H-pyrrole nitrogens is 1. The molecule has 5 rings (SSSR count). The Kier molecular flexibility index (Phi) is 6.71. The molecule has 1 aromatic heterocycles. The number of hydrogen-bond acceptors (Lipinski definition) is 4. The summed E-state index contributed by atoms with van der Waals surface area (Å²) in [7, 11) is 0. The lowest BCUT2D eigenvalue weighted by Crippen LogP contribution is -2.37. The summed E-state index contributed by atoms with van der Waals surface area (Å²) in [5.74, 6) is -1.80. The van der Waals surface area contributed by atoms with Crippen LogP contribution in [0.1, 0.15) is 33.5 Å². The fraction of sp³-hybridized carbons (Fsp3) is 0.250. The molecule has 0 saturated carbocycles. The topological polar surface area (TPSA) is 87.2 Å². The number of rotatable bonds is 6. The predicted molar refractivity (Wildman–Crippen MR) is 137 cm³/mol. The van der Waals surface area contributed by atoms with Crippen LogP contribution in [-0.4, -0.2) is 39.5 Å². The van der Waals surface area contributed by atoms with E-state index in [1.54, 1.807) is 0 Å². The molecule has 1 aliphatic heterocycles. The molecule has 1 atom stereocenters. The molecular formula is C28H26F2N4O3. The molecule has 9 heteroatoms. The highest BCUT2D eigenvalue weighted by molar-refractivity contribution is 5.95. The minimum Gasteiger partial charge on any atom is -0.348 e. The molecule has 7 nitrogen and oxygen atoms in total. The average molecular weight is 505 g/mol. The minimum atomic E-state index is -0.692. The third-order valence-corrected chi connectivity index (χ3v) is 6.67. The molecular weight excluding hydrogens is 478 g/mol. The van der Waals surface area contributed by atoms with Crippen LogP contribution in [0.15, 0.2) is 70.3 Å². The van der Waals surface area contributed by atoms with E-state index in [-0.39, 0.29) is 29.1 Å². The second-order valence-electron chi connectivity index (χ2n) is 9.50. The number of aryl methyl sites for hydroxylation is 1. The highest BCUT2D eigenvalue weighted by Crippen LogP contribution is 2.18. The van der Waals surface area contributed by atoms with Crippen molar-refractivity contribution in [2.24, 2.45) is 0 Å². The standard InChI is InChI=1S/C28H26F2N4O3/c1-17-3-2-4-18(11-17)14-33-10-9-21(16-33)31-26(35)22-12-19(5-7-24(22)30)15-34-25-8-6-20(29)13-23(25)27(36)32-28(34)37/h2-8,11-13,21H,9-10,14-16H2,1H3,(H,31,35)(H,32,36,37). The third-order valence-electron chi connectivity index (χ3n) is 6.67. The molecule has 2 heterocycles. The molecule has 1 amide bonds. The monoisotopic (exact) mass is 504 g/mol. The fourth-order valence-electron chi connectivity index (χ4n) is 4.88. The first-order valence-electron chi connectivity index (χ1n) is 12.1. The summed E-state index contributed by atoms with van der Waals surface area (Å²) in [5.41, 5.74) is 1.63. The molecule has 0 aliphatic carbocycles. The Morgan fingerprint density at radius 1 is 1.03 bits per heavy atom. The Hall–Kier alpha value is -4.11. The van der Waals surface area contributed by atoms with Gasteiger partial charge < -0.3 is 5.32 Å². The summed E-state index contributed by atoms with van der Waals surface area (Å²) in [6.07, 6.45) is 0.758. The quantitative estimate of drug-likeness (QED) is 0.422. The van der Waals surface area contributed by atoms with Gasteiger partial charge in [0.05, 0.1) is 23.0 Å². The van der Waals surface area contributed by atoms with Gasteiger partial charge in [-0.2, -0.15) is 0 Å². The van der Waals surface area contributed by atoms with Gasteiger partial charge in [0, 0.05) is 25.7 Å². The van der Waals surface area contributed by atoms with Crippen LogP contribution < -0.4 is 16.6 Å². The lowest BCUT2D eigenvalue weighted by atomic mass is 10.1. The van der Waals surface area contributed by atoms with E-state index in [9.17, 15) is 23.2 Å². The van der Waals surface area contributed by atoms with Gasteiger partial charge in [-0.3, -0.25) is 24.0 Å². The van der Waals surface area contributed by atoms with E-state index < -0.39 is 28.8 Å². The van der Waals surface area contributed by atoms with E-state index in [1.165, 1.54) is 40.0 Å². The third kappa shape index (κ3) is 5.36. The van der Waals surface area contributed by atoms with Gasteiger partial charge in [-0.15, -0.1) is 0 Å². The number of benzene rings is 3. The van der Waals surface area contributed by atoms with Crippen LogP contribution in [0.2, 0.25) is 0 Å². The summed E-state index contributed by atoms with van der Waals surface area (Å²) >= 11 is 0. The lowest BCUT2D eigenvalue weighted by Gasteiger charge is -2.17. The molecule has 0 bridgehead atoms. The van der Waals surface area contributed by atoms with Gasteiger partial charge >= 0.3 is 5.69 Å². The van der Waals surface area contributed by atoms with E-state index >= 15 is 0 Å². The molecule has 37 heavy (non-hydrogen) atoms. The first-order chi connectivity index (χ1) is 17.8. The van der Waals surface area contributed by atoms with Gasteiger partial charge in [0.25, 0.3) is 11.5 Å². The van der Waals surface area contributed by atoms with Crippen molar-refractivity contribution >= 4 is 16.8 Å². The molecule has 2 N–H and O–H groups in total. The zero-order valence-corrected chi connectivity index (χ0v) is 20.3. The van der Waals surface area contributed by atoms with Gasteiger partial charge in [0.15, 0.2) is 0 Å². The zero-order valence-electron chi connectivity index (χ0n) is 20.3. The minimum absolute atomic E-state index is 0.0242. The van der Waals surface area contributed by atoms with Crippen LogP contribution in [0.4, 0.5) is 8.78 Å². The number of aromatic nitrogens is 2. The van der Waals surface area contributed by atoms with Gasteiger partial charge in [-0.05, 0) is 54.8 Å².